The van der Waals surface area contributed by atoms with Crippen molar-refractivity contribution in [3.63, 3.8) is 0 Å². The van der Waals surface area contributed by atoms with E-state index in [1.165, 1.54) is 19.4 Å². The van der Waals surface area contributed by atoms with Crippen LogP contribution in [0.15, 0.2) is 22.2 Å². The summed E-state index contributed by atoms with van der Waals surface area (Å²) < 4.78 is 4.83. The molecule has 7 nitrogen and oxygen atoms in total. The van der Waals surface area contributed by atoms with Crippen LogP contribution in [0.4, 0.5) is 0 Å². The summed E-state index contributed by atoms with van der Waals surface area (Å²) in [6, 6.07) is 1.21. The summed E-state index contributed by atoms with van der Waals surface area (Å²) in [5.74, 6) is -0.194. The number of methoxy groups -OCH3 is 1. The first-order valence-corrected chi connectivity index (χ1v) is 6.40. The molecule has 108 valence electrons. The Labute approximate surface area is 116 Å². The van der Waals surface area contributed by atoms with E-state index in [1.807, 2.05) is 6.92 Å². The lowest BCUT2D eigenvalue weighted by Crippen LogP contribution is -2.33. The number of hydrogen-bond acceptors (Lipinski definition) is 5. The van der Waals surface area contributed by atoms with E-state index in [1.54, 1.807) is 0 Å². The zero-order valence-corrected chi connectivity index (χ0v) is 11.4. The normalized spacial score (nSPS) is 17.3. The third kappa shape index (κ3) is 3.17. The lowest BCUT2D eigenvalue weighted by atomic mass is 10.1. The zero-order valence-electron chi connectivity index (χ0n) is 11.4. The number of carbonyl (C=O) groups excluding carboxylic acids is 1. The average Bonchev–Trinajstić information content (AvgIpc) is 2.92. The summed E-state index contributed by atoms with van der Waals surface area (Å²) in [4.78, 5) is 31.3. The van der Waals surface area contributed by atoms with Crippen LogP contribution in [-0.2, 0) is 4.84 Å². The standard InChI is InChI=1S/C13H17N3O4/c1-3-8-4-9(20-16-8)6-15-13(18)10-5-11(17)12(19-2)7-14-10/h5,7,9H,3-4,6H2,1-2H3,(H,14,17)(H,15,18). The quantitative estimate of drug-likeness (QED) is 0.828. The van der Waals surface area contributed by atoms with Crippen LogP contribution in [0.5, 0.6) is 5.75 Å². The van der Waals surface area contributed by atoms with E-state index in [-0.39, 0.29) is 28.9 Å². The van der Waals surface area contributed by atoms with Gasteiger partial charge in [-0.25, -0.2) is 0 Å². The Morgan fingerprint density at radius 3 is 3.05 bits per heavy atom. The molecule has 0 fully saturated rings. The Morgan fingerprint density at radius 1 is 1.65 bits per heavy atom. The number of aromatic amines is 1. The first-order chi connectivity index (χ1) is 9.63. The highest BCUT2D eigenvalue weighted by Gasteiger charge is 2.20. The molecule has 2 heterocycles. The smallest absolute Gasteiger partial charge is 0.267 e. The van der Waals surface area contributed by atoms with E-state index in [9.17, 15) is 9.59 Å². The molecule has 20 heavy (non-hydrogen) atoms. The van der Waals surface area contributed by atoms with Crippen LogP contribution < -0.4 is 15.5 Å². The van der Waals surface area contributed by atoms with E-state index in [4.69, 9.17) is 9.57 Å². The second kappa shape index (κ2) is 6.23. The van der Waals surface area contributed by atoms with Crippen molar-refractivity contribution in [1.82, 2.24) is 10.3 Å². The van der Waals surface area contributed by atoms with Gasteiger partial charge in [-0.2, -0.15) is 0 Å². The van der Waals surface area contributed by atoms with Crippen LogP contribution in [0, 0.1) is 0 Å². The van der Waals surface area contributed by atoms with Crippen LogP contribution in [0.1, 0.15) is 30.3 Å². The fourth-order valence-electron chi connectivity index (χ4n) is 1.86. The predicted molar refractivity (Wildman–Crippen MR) is 73.2 cm³/mol. The molecule has 1 aliphatic rings. The Bertz CT molecular complexity index is 579. The molecule has 0 saturated carbocycles. The lowest BCUT2D eigenvalue weighted by Gasteiger charge is -2.10. The molecule has 0 bridgehead atoms. The summed E-state index contributed by atoms with van der Waals surface area (Å²) in [6.45, 7) is 2.35. The van der Waals surface area contributed by atoms with Crippen LogP contribution in [0.25, 0.3) is 0 Å². The SMILES string of the molecule is CCC1=NOC(CNC(=O)c2cc(=O)c(OC)c[nH]2)C1. The van der Waals surface area contributed by atoms with Gasteiger partial charge in [0.25, 0.3) is 5.91 Å². The number of nitrogens with one attached hydrogen (secondary N) is 2. The topological polar surface area (TPSA) is 92.8 Å². The van der Waals surface area contributed by atoms with Gasteiger partial charge in [-0.15, -0.1) is 0 Å². The van der Waals surface area contributed by atoms with Crippen LogP contribution in [-0.4, -0.2) is 36.4 Å². The van der Waals surface area contributed by atoms with Crippen molar-refractivity contribution in [3.05, 3.63) is 28.2 Å². The molecule has 1 aromatic heterocycles. The van der Waals surface area contributed by atoms with Crippen molar-refractivity contribution >= 4 is 11.6 Å². The van der Waals surface area contributed by atoms with E-state index in [2.05, 4.69) is 15.5 Å². The van der Waals surface area contributed by atoms with E-state index < -0.39 is 0 Å². The number of aromatic nitrogens is 1. The highest BCUT2D eigenvalue weighted by atomic mass is 16.6. The number of carbonyl (C=O) groups is 1. The van der Waals surface area contributed by atoms with Gasteiger partial charge in [-0.1, -0.05) is 12.1 Å². The molecular formula is C13H17N3O4. The maximum atomic E-state index is 11.9. The molecule has 1 amide bonds. The molecule has 1 unspecified atom stereocenters. The first kappa shape index (κ1) is 14.1. The monoisotopic (exact) mass is 279 g/mol. The molecule has 7 heteroatoms. The number of nitrogens with zero attached hydrogens (tertiary/aromatic N) is 1. The highest BCUT2D eigenvalue weighted by Crippen LogP contribution is 2.11. The van der Waals surface area contributed by atoms with Crippen LogP contribution in [0.2, 0.25) is 0 Å². The molecule has 0 spiro atoms. The van der Waals surface area contributed by atoms with Crippen molar-refractivity contribution in [2.45, 2.75) is 25.9 Å². The van der Waals surface area contributed by atoms with E-state index in [0.717, 1.165) is 18.6 Å². The largest absolute Gasteiger partial charge is 0.491 e. The van der Waals surface area contributed by atoms with Crippen molar-refractivity contribution in [2.75, 3.05) is 13.7 Å². The maximum absolute atomic E-state index is 11.9. The minimum atomic E-state index is -0.363. The van der Waals surface area contributed by atoms with Gasteiger partial charge >= 0.3 is 0 Å². The Morgan fingerprint density at radius 2 is 2.45 bits per heavy atom. The van der Waals surface area contributed by atoms with Gasteiger partial charge in [0, 0.05) is 18.7 Å². The van der Waals surface area contributed by atoms with Crippen LogP contribution >= 0.6 is 0 Å². The maximum Gasteiger partial charge on any atom is 0.267 e. The summed E-state index contributed by atoms with van der Waals surface area (Å²) >= 11 is 0. The van der Waals surface area contributed by atoms with Gasteiger partial charge in [-0.3, -0.25) is 9.59 Å². The molecule has 0 saturated heterocycles. The Kier molecular flexibility index (Phi) is 4.39. The van der Waals surface area contributed by atoms with Crippen LogP contribution in [0.3, 0.4) is 0 Å². The van der Waals surface area contributed by atoms with Gasteiger partial charge in [-0.05, 0) is 6.42 Å². The molecule has 2 N–H and O–H groups in total. The third-order valence-corrected chi connectivity index (χ3v) is 3.03. The van der Waals surface area contributed by atoms with E-state index >= 15 is 0 Å². The summed E-state index contributed by atoms with van der Waals surface area (Å²) in [6.07, 6.45) is 2.78. The molecule has 2 rings (SSSR count). The molecule has 1 atom stereocenters. The number of oxime groups is 1. The van der Waals surface area contributed by atoms with Gasteiger partial charge in [0.1, 0.15) is 11.8 Å². The minimum absolute atomic E-state index is 0.140. The second-order valence-corrected chi connectivity index (χ2v) is 4.43. The summed E-state index contributed by atoms with van der Waals surface area (Å²) in [7, 11) is 1.40. The van der Waals surface area contributed by atoms with Gasteiger partial charge in [0.15, 0.2) is 5.75 Å². The first-order valence-electron chi connectivity index (χ1n) is 6.40. The number of pyridine rings is 1. The number of rotatable bonds is 5. The van der Waals surface area contributed by atoms with Gasteiger partial charge in [0.05, 0.1) is 19.4 Å². The number of H-pyrrole nitrogens is 1. The van der Waals surface area contributed by atoms with Crippen molar-refractivity contribution in [2.24, 2.45) is 5.16 Å². The average molecular weight is 279 g/mol. The summed E-state index contributed by atoms with van der Waals surface area (Å²) in [5, 5.41) is 6.62. The fourth-order valence-corrected chi connectivity index (χ4v) is 1.86. The molecular weight excluding hydrogens is 262 g/mol. The minimum Gasteiger partial charge on any atom is -0.491 e. The van der Waals surface area contributed by atoms with E-state index in [0.29, 0.717) is 6.54 Å². The van der Waals surface area contributed by atoms with Gasteiger partial charge < -0.3 is 19.9 Å². The summed E-state index contributed by atoms with van der Waals surface area (Å²) in [5.41, 5.74) is 0.831. The van der Waals surface area contributed by atoms with Crippen molar-refractivity contribution in [1.29, 1.82) is 0 Å². The third-order valence-electron chi connectivity index (χ3n) is 3.03. The Balaban J connectivity index is 1.90. The highest BCUT2D eigenvalue weighted by molar-refractivity contribution is 5.92. The number of amides is 1. The number of hydrogen-bond donors (Lipinski definition) is 2. The molecule has 1 aliphatic heterocycles. The second-order valence-electron chi connectivity index (χ2n) is 4.43. The zero-order chi connectivity index (χ0) is 14.5. The molecule has 0 aromatic carbocycles. The predicted octanol–water partition coefficient (Wildman–Crippen LogP) is 0.668. The Hall–Kier alpha value is -2.31. The van der Waals surface area contributed by atoms with Crippen molar-refractivity contribution in [3.8, 4) is 5.75 Å². The number of ether oxygens (including phenoxy) is 1. The molecule has 0 aliphatic carbocycles. The lowest BCUT2D eigenvalue weighted by molar-refractivity contribution is 0.0751. The van der Waals surface area contributed by atoms with Gasteiger partial charge in [0.2, 0.25) is 5.43 Å². The fraction of sp³-hybridized carbons (Fsp3) is 0.462. The van der Waals surface area contributed by atoms with Crippen molar-refractivity contribution < 1.29 is 14.4 Å². The molecule has 0 radical (unpaired) electrons. The molecule has 1 aromatic rings.